The lowest BCUT2D eigenvalue weighted by molar-refractivity contribution is -0.115. The number of nitrogens with one attached hydrogen (secondary N) is 1. The fraction of sp³-hybridized carbons (Fsp3) is 0.471. The Labute approximate surface area is 129 Å². The summed E-state index contributed by atoms with van der Waals surface area (Å²) < 4.78 is 0. The van der Waals surface area contributed by atoms with Crippen LogP contribution in [0.1, 0.15) is 42.1 Å². The molecule has 0 bridgehead atoms. The number of carbonyl (C=O) groups is 2. The maximum absolute atomic E-state index is 12.8. The van der Waals surface area contributed by atoms with Crippen molar-refractivity contribution in [3.05, 3.63) is 29.3 Å². The van der Waals surface area contributed by atoms with Crippen LogP contribution in [0.3, 0.4) is 0 Å². The van der Waals surface area contributed by atoms with Crippen LogP contribution in [-0.2, 0) is 11.2 Å². The molecule has 1 heterocycles. The van der Waals surface area contributed by atoms with Gasteiger partial charge in [0.1, 0.15) is 0 Å². The molecule has 1 fully saturated rings. The third-order valence-electron chi connectivity index (χ3n) is 4.50. The Kier molecular flexibility index (Phi) is 3.84. The predicted molar refractivity (Wildman–Crippen MR) is 82.2 cm³/mol. The first kappa shape index (κ1) is 14.6. The Balaban J connectivity index is 1.82. The van der Waals surface area contributed by atoms with Crippen molar-refractivity contribution in [1.82, 2.24) is 4.90 Å². The van der Waals surface area contributed by atoms with E-state index in [1.54, 1.807) is 17.0 Å². The summed E-state index contributed by atoms with van der Waals surface area (Å²) in [5.41, 5.74) is 2.24. The molecule has 114 valence electrons. The number of carbonyl (C=O) groups excluding carboxylic acids is 2. The number of nitrogens with zero attached hydrogens (tertiary/aromatic N) is 2. The van der Waals surface area contributed by atoms with Crippen LogP contribution < -0.4 is 5.32 Å². The summed E-state index contributed by atoms with van der Waals surface area (Å²) in [6.07, 6.45) is 3.01. The van der Waals surface area contributed by atoms with E-state index in [0.717, 1.165) is 24.1 Å². The third-order valence-corrected chi connectivity index (χ3v) is 4.50. The van der Waals surface area contributed by atoms with E-state index in [2.05, 4.69) is 18.3 Å². The number of amides is 2. The van der Waals surface area contributed by atoms with Gasteiger partial charge in [-0.25, -0.2) is 0 Å². The summed E-state index contributed by atoms with van der Waals surface area (Å²) in [4.78, 5) is 26.0. The standard InChI is InChI=1S/C17H19N3O2/c1-11(12-3-4-12)20(8-2-7-18)17(22)14-6-5-13-10-16(21)19-15(13)9-14/h5-6,9,11-12H,2-4,8,10H2,1H3,(H,19,21)/t11-/m0/s1. The Morgan fingerprint density at radius 3 is 2.95 bits per heavy atom. The summed E-state index contributed by atoms with van der Waals surface area (Å²) in [5.74, 6) is 0.461. The third kappa shape index (κ3) is 2.82. The van der Waals surface area contributed by atoms with E-state index in [4.69, 9.17) is 5.26 Å². The Morgan fingerprint density at radius 2 is 2.27 bits per heavy atom. The fourth-order valence-corrected chi connectivity index (χ4v) is 3.01. The van der Waals surface area contributed by atoms with Crippen LogP contribution in [0.4, 0.5) is 5.69 Å². The Hall–Kier alpha value is -2.35. The molecule has 1 aromatic rings. The molecular weight excluding hydrogens is 278 g/mol. The average Bonchev–Trinajstić information content (AvgIpc) is 3.28. The molecule has 1 aromatic carbocycles. The lowest BCUT2D eigenvalue weighted by Crippen LogP contribution is -2.40. The summed E-state index contributed by atoms with van der Waals surface area (Å²) in [6.45, 7) is 2.51. The van der Waals surface area contributed by atoms with E-state index >= 15 is 0 Å². The summed E-state index contributed by atoms with van der Waals surface area (Å²) >= 11 is 0. The number of hydrogen-bond acceptors (Lipinski definition) is 3. The smallest absolute Gasteiger partial charge is 0.254 e. The number of fused-ring (bicyclic) bond motifs is 1. The summed E-state index contributed by atoms with van der Waals surface area (Å²) in [7, 11) is 0. The number of nitriles is 1. The average molecular weight is 297 g/mol. The lowest BCUT2D eigenvalue weighted by atomic mass is 10.1. The highest BCUT2D eigenvalue weighted by atomic mass is 16.2. The Morgan fingerprint density at radius 1 is 1.50 bits per heavy atom. The first-order valence-electron chi connectivity index (χ1n) is 7.71. The molecule has 2 amide bonds. The molecule has 1 aliphatic heterocycles. The van der Waals surface area contributed by atoms with Crippen LogP contribution in [0.5, 0.6) is 0 Å². The van der Waals surface area contributed by atoms with Crippen LogP contribution in [0.2, 0.25) is 0 Å². The highest BCUT2D eigenvalue weighted by Gasteiger charge is 2.34. The summed E-state index contributed by atoms with van der Waals surface area (Å²) in [6, 6.07) is 7.64. The van der Waals surface area contributed by atoms with Crippen molar-refractivity contribution >= 4 is 17.5 Å². The fourth-order valence-electron chi connectivity index (χ4n) is 3.01. The quantitative estimate of drug-likeness (QED) is 0.906. The number of hydrogen-bond donors (Lipinski definition) is 1. The largest absolute Gasteiger partial charge is 0.335 e. The van der Waals surface area contributed by atoms with Crippen LogP contribution >= 0.6 is 0 Å². The molecule has 5 nitrogen and oxygen atoms in total. The first-order chi connectivity index (χ1) is 10.6. The van der Waals surface area contributed by atoms with Crippen molar-refractivity contribution in [2.75, 3.05) is 11.9 Å². The van der Waals surface area contributed by atoms with Gasteiger partial charge in [-0.1, -0.05) is 6.07 Å². The minimum absolute atomic E-state index is 0.0349. The monoisotopic (exact) mass is 297 g/mol. The minimum atomic E-state index is -0.0569. The van der Waals surface area contributed by atoms with Crippen molar-refractivity contribution in [2.45, 2.75) is 38.6 Å². The van der Waals surface area contributed by atoms with Crippen LogP contribution in [0, 0.1) is 17.2 Å². The van der Waals surface area contributed by atoms with Gasteiger partial charge in [-0.2, -0.15) is 5.26 Å². The maximum atomic E-state index is 12.8. The van der Waals surface area contributed by atoms with Gasteiger partial charge in [0.05, 0.1) is 18.9 Å². The van der Waals surface area contributed by atoms with Gasteiger partial charge in [-0.05, 0) is 43.4 Å². The molecule has 0 unspecified atom stereocenters. The second-order valence-electron chi connectivity index (χ2n) is 6.08. The Bertz CT molecular complexity index is 658. The second kappa shape index (κ2) is 5.80. The topological polar surface area (TPSA) is 73.2 Å². The molecule has 1 N–H and O–H groups in total. The van der Waals surface area contributed by atoms with E-state index in [0.29, 0.717) is 30.9 Å². The molecule has 3 rings (SSSR count). The van der Waals surface area contributed by atoms with Gasteiger partial charge in [0.2, 0.25) is 5.91 Å². The number of benzene rings is 1. The van der Waals surface area contributed by atoms with Crippen LogP contribution in [-0.4, -0.2) is 29.3 Å². The van der Waals surface area contributed by atoms with Gasteiger partial charge in [0.15, 0.2) is 0 Å². The highest BCUT2D eigenvalue weighted by molar-refractivity contribution is 6.02. The van der Waals surface area contributed by atoms with Gasteiger partial charge in [-0.15, -0.1) is 0 Å². The maximum Gasteiger partial charge on any atom is 0.254 e. The molecular formula is C17H19N3O2. The normalized spacial score (nSPS) is 17.4. The molecule has 0 saturated heterocycles. The zero-order valence-electron chi connectivity index (χ0n) is 12.6. The molecule has 0 aromatic heterocycles. The van der Waals surface area contributed by atoms with Gasteiger partial charge in [0, 0.05) is 23.8 Å². The molecule has 5 heteroatoms. The van der Waals surface area contributed by atoms with Crippen molar-refractivity contribution in [3.8, 4) is 6.07 Å². The molecule has 1 saturated carbocycles. The first-order valence-corrected chi connectivity index (χ1v) is 7.71. The SMILES string of the molecule is C[C@@H](C1CC1)N(CCC#N)C(=O)c1ccc2c(c1)NC(=O)C2. The van der Waals surface area contributed by atoms with E-state index < -0.39 is 0 Å². The van der Waals surface area contributed by atoms with Crippen molar-refractivity contribution in [1.29, 1.82) is 5.26 Å². The zero-order valence-corrected chi connectivity index (χ0v) is 12.6. The number of rotatable bonds is 5. The minimum Gasteiger partial charge on any atom is -0.335 e. The van der Waals surface area contributed by atoms with Gasteiger partial charge in [-0.3, -0.25) is 9.59 Å². The molecule has 0 spiro atoms. The molecule has 0 radical (unpaired) electrons. The number of anilines is 1. The van der Waals surface area contributed by atoms with E-state index in [1.807, 2.05) is 6.07 Å². The predicted octanol–water partition coefficient (Wildman–Crippen LogP) is 2.34. The van der Waals surface area contributed by atoms with Crippen molar-refractivity contribution in [2.24, 2.45) is 5.92 Å². The molecule has 1 aliphatic carbocycles. The second-order valence-corrected chi connectivity index (χ2v) is 6.08. The van der Waals surface area contributed by atoms with Crippen molar-refractivity contribution in [3.63, 3.8) is 0 Å². The summed E-state index contributed by atoms with van der Waals surface area (Å²) in [5, 5.41) is 11.6. The van der Waals surface area contributed by atoms with E-state index in [-0.39, 0.29) is 17.9 Å². The van der Waals surface area contributed by atoms with Crippen LogP contribution in [0.15, 0.2) is 18.2 Å². The zero-order chi connectivity index (χ0) is 15.7. The van der Waals surface area contributed by atoms with E-state index in [9.17, 15) is 9.59 Å². The lowest BCUT2D eigenvalue weighted by Gasteiger charge is -2.29. The van der Waals surface area contributed by atoms with Crippen LogP contribution in [0.25, 0.3) is 0 Å². The van der Waals surface area contributed by atoms with Crippen molar-refractivity contribution < 1.29 is 9.59 Å². The van der Waals surface area contributed by atoms with Gasteiger partial charge in [0.25, 0.3) is 5.91 Å². The molecule has 22 heavy (non-hydrogen) atoms. The molecule has 2 aliphatic rings. The van der Waals surface area contributed by atoms with E-state index in [1.165, 1.54) is 0 Å². The van der Waals surface area contributed by atoms with Gasteiger partial charge < -0.3 is 10.2 Å². The molecule has 1 atom stereocenters. The van der Waals surface area contributed by atoms with Gasteiger partial charge >= 0.3 is 0 Å². The highest BCUT2D eigenvalue weighted by Crippen LogP contribution is 2.36.